The molecule has 0 radical (unpaired) electrons. The van der Waals surface area contributed by atoms with E-state index >= 15 is 0 Å². The number of alkyl halides is 1. The highest BCUT2D eigenvalue weighted by Gasteiger charge is 2.25. The van der Waals surface area contributed by atoms with Gasteiger partial charge in [-0.25, -0.2) is 9.38 Å². The summed E-state index contributed by atoms with van der Waals surface area (Å²) in [5.74, 6) is -0.725. The summed E-state index contributed by atoms with van der Waals surface area (Å²) in [6.07, 6.45) is -1.63. The summed E-state index contributed by atoms with van der Waals surface area (Å²) in [5.41, 5.74) is 0.119. The first-order chi connectivity index (χ1) is 4.61. The maximum Gasteiger partial charge on any atom is 0.266 e. The van der Waals surface area contributed by atoms with Gasteiger partial charge in [-0.2, -0.15) is 0 Å². The van der Waals surface area contributed by atoms with Crippen LogP contribution < -0.4 is 5.32 Å². The molecule has 0 aromatic rings. The van der Waals surface area contributed by atoms with Gasteiger partial charge in [-0.1, -0.05) is 0 Å². The van der Waals surface area contributed by atoms with Crippen LogP contribution in [0.2, 0.25) is 0 Å². The van der Waals surface area contributed by atoms with E-state index in [0.29, 0.717) is 0 Å². The molecule has 0 aliphatic carbocycles. The van der Waals surface area contributed by atoms with E-state index in [4.69, 9.17) is 0 Å². The van der Waals surface area contributed by atoms with Crippen LogP contribution in [0, 0.1) is 0 Å². The van der Waals surface area contributed by atoms with Crippen LogP contribution in [0.3, 0.4) is 0 Å². The molecule has 5 heteroatoms. The van der Waals surface area contributed by atoms with Gasteiger partial charge in [0.15, 0.2) is 5.11 Å². The Morgan fingerprint density at radius 3 is 2.90 bits per heavy atom. The number of hydrogen-bond acceptors (Lipinski definition) is 2. The van der Waals surface area contributed by atoms with Crippen LogP contribution in [0.15, 0.2) is 4.99 Å². The molecule has 0 spiro atoms. The highest BCUT2D eigenvalue weighted by atomic mass is 32.1. The van der Waals surface area contributed by atoms with Crippen LogP contribution in [-0.4, -0.2) is 22.9 Å². The summed E-state index contributed by atoms with van der Waals surface area (Å²) in [4.78, 5) is 14.1. The van der Waals surface area contributed by atoms with Crippen molar-refractivity contribution in [1.82, 2.24) is 5.32 Å². The van der Waals surface area contributed by atoms with Gasteiger partial charge in [-0.05, 0) is 19.1 Å². The molecular weight excluding hydrogens is 155 g/mol. The quantitative estimate of drug-likeness (QED) is 0.514. The lowest BCUT2D eigenvalue weighted by atomic mass is 10.2. The maximum absolute atomic E-state index is 12.5. The molecule has 0 aromatic carbocycles. The molecule has 1 heterocycles. The number of thiocarbonyl (C=S) groups is 1. The van der Waals surface area contributed by atoms with Gasteiger partial charge in [-0.15, -0.1) is 0 Å². The zero-order valence-corrected chi connectivity index (χ0v) is 6.04. The summed E-state index contributed by atoms with van der Waals surface area (Å²) in [6.45, 7) is 1.43. The molecule has 1 amide bonds. The van der Waals surface area contributed by atoms with Crippen LogP contribution in [-0.2, 0) is 4.79 Å². The molecule has 0 fully saturated rings. The monoisotopic (exact) mass is 160 g/mol. The van der Waals surface area contributed by atoms with Crippen LogP contribution in [0.25, 0.3) is 0 Å². The van der Waals surface area contributed by atoms with Crippen LogP contribution >= 0.6 is 12.2 Å². The van der Waals surface area contributed by atoms with E-state index < -0.39 is 12.1 Å². The van der Waals surface area contributed by atoms with Crippen molar-refractivity contribution < 1.29 is 9.18 Å². The van der Waals surface area contributed by atoms with Crippen LogP contribution in [0.5, 0.6) is 0 Å². The molecule has 54 valence electrons. The fourth-order valence-electron chi connectivity index (χ4n) is 0.603. The van der Waals surface area contributed by atoms with Gasteiger partial charge in [0.2, 0.25) is 6.17 Å². The van der Waals surface area contributed by atoms with Gasteiger partial charge in [0.25, 0.3) is 5.91 Å². The number of aliphatic imine (C=N–C) groups is 1. The summed E-state index contributed by atoms with van der Waals surface area (Å²) in [7, 11) is 0. The molecular formula is C5H5FN2OS. The summed E-state index contributed by atoms with van der Waals surface area (Å²) < 4.78 is 12.5. The first-order valence-corrected chi connectivity index (χ1v) is 3.06. The second kappa shape index (κ2) is 2.42. The van der Waals surface area contributed by atoms with Crippen LogP contribution in [0.1, 0.15) is 6.92 Å². The third kappa shape index (κ3) is 1.18. The minimum absolute atomic E-state index is 0.0383. The molecule has 1 rings (SSSR count). The van der Waals surface area contributed by atoms with E-state index in [1.54, 1.807) is 0 Å². The average molecular weight is 160 g/mol. The van der Waals surface area contributed by atoms with Gasteiger partial charge in [0, 0.05) is 0 Å². The zero-order chi connectivity index (χ0) is 7.72. The van der Waals surface area contributed by atoms with Crippen molar-refractivity contribution in [2.45, 2.75) is 13.1 Å². The number of nitrogens with one attached hydrogen (secondary N) is 1. The van der Waals surface area contributed by atoms with Gasteiger partial charge in [-0.3, -0.25) is 10.1 Å². The zero-order valence-electron chi connectivity index (χ0n) is 5.22. The van der Waals surface area contributed by atoms with Gasteiger partial charge < -0.3 is 0 Å². The third-order valence-corrected chi connectivity index (χ3v) is 1.30. The van der Waals surface area contributed by atoms with E-state index in [0.717, 1.165) is 0 Å². The molecule has 0 aromatic heterocycles. The summed E-state index contributed by atoms with van der Waals surface area (Å²) in [5, 5.41) is 2.13. The molecule has 10 heavy (non-hydrogen) atoms. The Kier molecular flexibility index (Phi) is 1.76. The number of halogens is 1. The Bertz CT molecular complexity index is 226. The van der Waals surface area contributed by atoms with Crippen LogP contribution in [0.4, 0.5) is 4.39 Å². The Labute approximate surface area is 62.3 Å². The van der Waals surface area contributed by atoms with E-state index in [1.165, 1.54) is 6.92 Å². The van der Waals surface area contributed by atoms with Crippen molar-refractivity contribution in [2.24, 2.45) is 4.99 Å². The van der Waals surface area contributed by atoms with Gasteiger partial charge in [0.05, 0.1) is 5.71 Å². The molecule has 1 atom stereocenters. The number of carbonyl (C=O) groups excluding carboxylic acids is 1. The predicted molar refractivity (Wildman–Crippen MR) is 38.7 cm³/mol. The molecule has 1 aliphatic heterocycles. The highest BCUT2D eigenvalue weighted by Crippen LogP contribution is 2.01. The van der Waals surface area contributed by atoms with Gasteiger partial charge in [0.1, 0.15) is 0 Å². The fraction of sp³-hybridized carbons (Fsp3) is 0.400. The third-order valence-electron chi connectivity index (χ3n) is 1.11. The molecule has 0 saturated heterocycles. The number of rotatable bonds is 0. The van der Waals surface area contributed by atoms with Crippen molar-refractivity contribution in [3.63, 3.8) is 0 Å². The predicted octanol–water partition coefficient (Wildman–Crippen LogP) is 0.200. The Morgan fingerprint density at radius 1 is 1.80 bits per heavy atom. The lowest BCUT2D eigenvalue weighted by Crippen LogP contribution is -2.43. The molecule has 1 unspecified atom stereocenters. The SMILES string of the molecule is CC1=NC(=S)NC(=O)C1F. The average Bonchev–Trinajstić information content (AvgIpc) is 1.82. The number of hydrogen-bond donors (Lipinski definition) is 1. The van der Waals surface area contributed by atoms with Crippen molar-refractivity contribution >= 4 is 28.9 Å². The largest absolute Gasteiger partial charge is 0.298 e. The van der Waals surface area contributed by atoms with E-state index in [-0.39, 0.29) is 10.8 Å². The first kappa shape index (κ1) is 7.27. The fourth-order valence-corrected chi connectivity index (χ4v) is 0.848. The first-order valence-electron chi connectivity index (χ1n) is 2.65. The Morgan fingerprint density at radius 2 is 2.40 bits per heavy atom. The Balaban J connectivity index is 2.91. The summed E-state index contributed by atoms with van der Waals surface area (Å²) in [6, 6.07) is 0. The molecule has 0 saturated carbocycles. The number of nitrogens with zero attached hydrogens (tertiary/aromatic N) is 1. The molecule has 3 nitrogen and oxygen atoms in total. The normalized spacial score (nSPS) is 25.8. The minimum Gasteiger partial charge on any atom is -0.298 e. The highest BCUT2D eigenvalue weighted by molar-refractivity contribution is 7.80. The number of carbonyl (C=O) groups is 1. The topological polar surface area (TPSA) is 41.5 Å². The van der Waals surface area contributed by atoms with E-state index in [9.17, 15) is 9.18 Å². The Hall–Kier alpha value is -0.840. The maximum atomic E-state index is 12.5. The molecule has 0 bridgehead atoms. The van der Waals surface area contributed by atoms with Gasteiger partial charge >= 0.3 is 0 Å². The minimum atomic E-state index is -1.63. The second-order valence-corrected chi connectivity index (χ2v) is 2.30. The van der Waals surface area contributed by atoms with Crippen molar-refractivity contribution in [3.8, 4) is 0 Å². The standard InChI is InChI=1S/C5H5FN2OS/c1-2-3(6)4(9)8-5(10)7-2/h3H,1H3,(H,8,9,10). The van der Waals surface area contributed by atoms with E-state index in [2.05, 4.69) is 22.5 Å². The summed E-state index contributed by atoms with van der Waals surface area (Å²) >= 11 is 4.53. The van der Waals surface area contributed by atoms with Crippen molar-refractivity contribution in [3.05, 3.63) is 0 Å². The molecule has 1 aliphatic rings. The van der Waals surface area contributed by atoms with Crippen molar-refractivity contribution in [2.75, 3.05) is 0 Å². The smallest absolute Gasteiger partial charge is 0.266 e. The van der Waals surface area contributed by atoms with Crippen molar-refractivity contribution in [1.29, 1.82) is 0 Å². The second-order valence-electron chi connectivity index (χ2n) is 1.91. The lowest BCUT2D eigenvalue weighted by Gasteiger charge is -2.13. The van der Waals surface area contributed by atoms with E-state index in [1.807, 2.05) is 0 Å². The lowest BCUT2D eigenvalue weighted by molar-refractivity contribution is -0.122. The number of amides is 1. The molecule has 1 N–H and O–H groups in total.